The van der Waals surface area contributed by atoms with Crippen LogP contribution in [0.1, 0.15) is 0 Å². The SMILES string of the molecule is NC1C=NC=CN1O. The summed E-state index contributed by atoms with van der Waals surface area (Å²) in [6, 6.07) is 0. The predicted molar refractivity (Wildman–Crippen MR) is 29.2 cm³/mol. The Labute approximate surface area is 46.9 Å². The Balaban J connectivity index is 2.59. The fourth-order valence-corrected chi connectivity index (χ4v) is 0.412. The third kappa shape index (κ3) is 0.853. The smallest absolute Gasteiger partial charge is 0.138 e. The van der Waals surface area contributed by atoms with Gasteiger partial charge in [-0.15, -0.1) is 0 Å². The average molecular weight is 113 g/mol. The van der Waals surface area contributed by atoms with E-state index in [1.165, 1.54) is 18.6 Å². The minimum atomic E-state index is -0.486. The summed E-state index contributed by atoms with van der Waals surface area (Å²) in [5.41, 5.74) is 5.25. The standard InChI is InChI=1S/C4H7N3O/c5-4-3-6-1-2-7(4)8/h1-4,8H,5H2. The second-order valence-corrected chi connectivity index (χ2v) is 1.47. The van der Waals surface area contributed by atoms with Crippen molar-refractivity contribution in [2.24, 2.45) is 10.7 Å². The van der Waals surface area contributed by atoms with E-state index >= 15 is 0 Å². The van der Waals surface area contributed by atoms with E-state index in [-0.39, 0.29) is 0 Å². The fraction of sp³-hybridized carbons (Fsp3) is 0.250. The van der Waals surface area contributed by atoms with Gasteiger partial charge in [0, 0.05) is 18.6 Å². The molecule has 0 saturated carbocycles. The molecule has 1 unspecified atom stereocenters. The largest absolute Gasteiger partial charge is 0.305 e. The molecule has 0 aliphatic carbocycles. The zero-order valence-electron chi connectivity index (χ0n) is 4.23. The molecule has 1 rings (SSSR count). The molecule has 44 valence electrons. The zero-order chi connectivity index (χ0) is 5.98. The molecule has 0 saturated heterocycles. The molecule has 3 N–H and O–H groups in total. The molecule has 0 amide bonds. The van der Waals surface area contributed by atoms with Gasteiger partial charge in [-0.3, -0.25) is 10.2 Å². The summed E-state index contributed by atoms with van der Waals surface area (Å²) in [5.74, 6) is 0. The first-order valence-electron chi connectivity index (χ1n) is 2.23. The van der Waals surface area contributed by atoms with Gasteiger partial charge in [-0.25, -0.2) is 5.06 Å². The molecule has 1 heterocycles. The van der Waals surface area contributed by atoms with E-state index in [1.807, 2.05) is 0 Å². The van der Waals surface area contributed by atoms with Crippen molar-refractivity contribution in [2.75, 3.05) is 0 Å². The molecular formula is C4H7N3O. The average Bonchev–Trinajstić information content (AvgIpc) is 1.77. The number of aliphatic imine (C=N–C) groups is 1. The molecule has 0 bridgehead atoms. The predicted octanol–water partition coefficient (Wildman–Crippen LogP) is -0.482. The Morgan fingerprint density at radius 1 is 1.75 bits per heavy atom. The van der Waals surface area contributed by atoms with E-state index in [0.29, 0.717) is 0 Å². The monoisotopic (exact) mass is 113 g/mol. The Morgan fingerprint density at radius 2 is 2.50 bits per heavy atom. The number of hydroxylamine groups is 2. The van der Waals surface area contributed by atoms with Crippen molar-refractivity contribution in [3.8, 4) is 0 Å². The topological polar surface area (TPSA) is 61.8 Å². The number of hydrogen-bond donors (Lipinski definition) is 2. The molecule has 1 atom stereocenters. The van der Waals surface area contributed by atoms with Crippen molar-refractivity contribution in [3.63, 3.8) is 0 Å². The lowest BCUT2D eigenvalue weighted by Gasteiger charge is -2.17. The molecular weight excluding hydrogens is 106 g/mol. The lowest BCUT2D eigenvalue weighted by Crippen LogP contribution is -2.38. The lowest BCUT2D eigenvalue weighted by atomic mass is 10.5. The summed E-state index contributed by atoms with van der Waals surface area (Å²) >= 11 is 0. The van der Waals surface area contributed by atoms with Gasteiger partial charge in [0.1, 0.15) is 6.17 Å². The summed E-state index contributed by atoms with van der Waals surface area (Å²) in [7, 11) is 0. The van der Waals surface area contributed by atoms with Crippen LogP contribution in [0.3, 0.4) is 0 Å². The lowest BCUT2D eigenvalue weighted by molar-refractivity contribution is -0.0568. The fourth-order valence-electron chi connectivity index (χ4n) is 0.412. The normalized spacial score (nSPS) is 26.8. The van der Waals surface area contributed by atoms with Crippen LogP contribution in [-0.4, -0.2) is 22.7 Å². The molecule has 0 radical (unpaired) electrons. The van der Waals surface area contributed by atoms with E-state index in [4.69, 9.17) is 10.9 Å². The summed E-state index contributed by atoms with van der Waals surface area (Å²) in [4.78, 5) is 3.68. The van der Waals surface area contributed by atoms with Gasteiger partial charge in [-0.1, -0.05) is 0 Å². The van der Waals surface area contributed by atoms with Crippen molar-refractivity contribution in [1.29, 1.82) is 0 Å². The van der Waals surface area contributed by atoms with Gasteiger partial charge < -0.3 is 5.73 Å². The zero-order valence-corrected chi connectivity index (χ0v) is 4.23. The van der Waals surface area contributed by atoms with E-state index in [9.17, 15) is 0 Å². The van der Waals surface area contributed by atoms with Gasteiger partial charge in [0.25, 0.3) is 0 Å². The van der Waals surface area contributed by atoms with E-state index < -0.39 is 6.17 Å². The Kier molecular flexibility index (Phi) is 1.27. The van der Waals surface area contributed by atoms with Crippen LogP contribution in [0.4, 0.5) is 0 Å². The highest BCUT2D eigenvalue weighted by molar-refractivity contribution is 5.65. The first-order valence-corrected chi connectivity index (χ1v) is 2.23. The van der Waals surface area contributed by atoms with Crippen LogP contribution in [0, 0.1) is 0 Å². The minimum absolute atomic E-state index is 0.486. The number of nitrogens with two attached hydrogens (primary N) is 1. The van der Waals surface area contributed by atoms with Crippen LogP contribution in [0.5, 0.6) is 0 Å². The molecule has 1 aliphatic rings. The van der Waals surface area contributed by atoms with Gasteiger partial charge >= 0.3 is 0 Å². The maximum Gasteiger partial charge on any atom is 0.138 e. The summed E-state index contributed by atoms with van der Waals surface area (Å²) in [6.45, 7) is 0. The third-order valence-electron chi connectivity index (χ3n) is 0.850. The van der Waals surface area contributed by atoms with Gasteiger partial charge in [-0.2, -0.15) is 0 Å². The molecule has 0 fully saturated rings. The molecule has 8 heavy (non-hydrogen) atoms. The Morgan fingerprint density at radius 3 is 2.88 bits per heavy atom. The van der Waals surface area contributed by atoms with E-state index in [1.54, 1.807) is 0 Å². The summed E-state index contributed by atoms with van der Waals surface area (Å²) in [6.07, 6.45) is 3.81. The van der Waals surface area contributed by atoms with Crippen molar-refractivity contribution < 1.29 is 5.21 Å². The minimum Gasteiger partial charge on any atom is -0.305 e. The second-order valence-electron chi connectivity index (χ2n) is 1.47. The molecule has 1 aliphatic heterocycles. The molecule has 0 spiro atoms. The highest BCUT2D eigenvalue weighted by atomic mass is 16.5. The first kappa shape index (κ1) is 5.27. The van der Waals surface area contributed by atoms with Crippen molar-refractivity contribution >= 4 is 6.21 Å². The molecule has 0 aromatic rings. The van der Waals surface area contributed by atoms with Gasteiger partial charge in [-0.05, 0) is 0 Å². The third-order valence-corrected chi connectivity index (χ3v) is 0.850. The van der Waals surface area contributed by atoms with Crippen LogP contribution in [-0.2, 0) is 0 Å². The van der Waals surface area contributed by atoms with Crippen molar-refractivity contribution in [3.05, 3.63) is 12.4 Å². The van der Waals surface area contributed by atoms with E-state index in [0.717, 1.165) is 5.06 Å². The summed E-state index contributed by atoms with van der Waals surface area (Å²) < 4.78 is 0. The first-order chi connectivity index (χ1) is 3.80. The number of nitrogens with zero attached hydrogens (tertiary/aromatic N) is 2. The van der Waals surface area contributed by atoms with Gasteiger partial charge in [0.2, 0.25) is 0 Å². The van der Waals surface area contributed by atoms with Crippen LogP contribution in [0.2, 0.25) is 0 Å². The number of hydrogen-bond acceptors (Lipinski definition) is 4. The highest BCUT2D eigenvalue weighted by Crippen LogP contribution is 1.92. The van der Waals surface area contributed by atoms with Crippen LogP contribution < -0.4 is 5.73 Å². The van der Waals surface area contributed by atoms with E-state index in [2.05, 4.69) is 4.99 Å². The molecule has 0 aromatic carbocycles. The second kappa shape index (κ2) is 1.94. The van der Waals surface area contributed by atoms with Crippen LogP contribution >= 0.6 is 0 Å². The van der Waals surface area contributed by atoms with Crippen LogP contribution in [0.25, 0.3) is 0 Å². The Bertz CT molecular complexity index is 115. The van der Waals surface area contributed by atoms with Gasteiger partial charge in [0.15, 0.2) is 0 Å². The van der Waals surface area contributed by atoms with Gasteiger partial charge in [0.05, 0.1) is 0 Å². The quantitative estimate of drug-likeness (QED) is 0.446. The highest BCUT2D eigenvalue weighted by Gasteiger charge is 2.04. The maximum absolute atomic E-state index is 8.71. The van der Waals surface area contributed by atoms with Crippen LogP contribution in [0.15, 0.2) is 17.4 Å². The summed E-state index contributed by atoms with van der Waals surface area (Å²) in [5, 5.41) is 9.59. The Hall–Kier alpha value is -0.870. The number of rotatable bonds is 0. The molecule has 4 heteroatoms. The maximum atomic E-state index is 8.71. The van der Waals surface area contributed by atoms with Crippen molar-refractivity contribution in [1.82, 2.24) is 5.06 Å². The molecule has 4 nitrogen and oxygen atoms in total. The van der Waals surface area contributed by atoms with Crippen molar-refractivity contribution in [2.45, 2.75) is 6.17 Å². The molecule has 0 aromatic heterocycles.